The molecule has 1 aliphatic heterocycles. The van der Waals surface area contributed by atoms with E-state index in [1.54, 1.807) is 28.8 Å². The molecule has 0 radical (unpaired) electrons. The van der Waals surface area contributed by atoms with E-state index >= 15 is 0 Å². The predicted octanol–water partition coefficient (Wildman–Crippen LogP) is 4.35. The molecule has 0 saturated carbocycles. The van der Waals surface area contributed by atoms with Crippen LogP contribution in [-0.2, 0) is 6.54 Å². The highest BCUT2D eigenvalue weighted by atomic mass is 32.2. The van der Waals surface area contributed by atoms with Crippen LogP contribution in [0.5, 0.6) is 0 Å². The van der Waals surface area contributed by atoms with Gasteiger partial charge in [-0.25, -0.2) is 4.98 Å². The van der Waals surface area contributed by atoms with E-state index in [1.807, 2.05) is 43.3 Å². The average Bonchev–Trinajstić information content (AvgIpc) is 3.06. The second kappa shape index (κ2) is 8.24. The maximum Gasteiger partial charge on any atom is 0.262 e. The summed E-state index contributed by atoms with van der Waals surface area (Å²) in [6.07, 6.45) is 0.617. The van der Waals surface area contributed by atoms with Gasteiger partial charge in [-0.3, -0.25) is 23.9 Å². The van der Waals surface area contributed by atoms with Crippen LogP contribution in [0, 0.1) is 0 Å². The van der Waals surface area contributed by atoms with Crippen molar-refractivity contribution in [1.29, 1.82) is 0 Å². The molecule has 0 atom stereocenters. The van der Waals surface area contributed by atoms with Gasteiger partial charge in [-0.15, -0.1) is 0 Å². The van der Waals surface area contributed by atoms with E-state index in [0.717, 1.165) is 10.8 Å². The standard InChI is InChI=1S/C25H21N3O3S/c1-2-27-24(31)20-14-16-8-3-4-9-17(16)15-21(20)26-25(27)32-13-7-12-28-22(29)18-10-5-6-11-19(18)23(28)30/h3-6,8-11,14-15H,2,7,12-13H2,1H3. The number of nitrogens with zero attached hydrogens (tertiary/aromatic N) is 3. The van der Waals surface area contributed by atoms with Crippen molar-refractivity contribution in [2.24, 2.45) is 0 Å². The van der Waals surface area contributed by atoms with Gasteiger partial charge in [0.15, 0.2) is 5.16 Å². The molecule has 0 unspecified atom stereocenters. The van der Waals surface area contributed by atoms with Crippen molar-refractivity contribution in [3.63, 3.8) is 0 Å². The van der Waals surface area contributed by atoms with E-state index in [2.05, 4.69) is 0 Å². The van der Waals surface area contributed by atoms with E-state index in [9.17, 15) is 14.4 Å². The molecule has 32 heavy (non-hydrogen) atoms. The van der Waals surface area contributed by atoms with Crippen LogP contribution in [0.15, 0.2) is 70.6 Å². The molecule has 0 spiro atoms. The Morgan fingerprint density at radius 3 is 2.16 bits per heavy atom. The van der Waals surface area contributed by atoms with Crippen molar-refractivity contribution in [3.8, 4) is 0 Å². The predicted molar refractivity (Wildman–Crippen MR) is 126 cm³/mol. The third kappa shape index (κ3) is 3.39. The molecule has 160 valence electrons. The highest BCUT2D eigenvalue weighted by Crippen LogP contribution is 2.25. The third-order valence-electron chi connectivity index (χ3n) is 5.74. The van der Waals surface area contributed by atoms with Gasteiger partial charge >= 0.3 is 0 Å². The van der Waals surface area contributed by atoms with Crippen LogP contribution in [0.3, 0.4) is 0 Å². The molecule has 0 saturated heterocycles. The van der Waals surface area contributed by atoms with E-state index < -0.39 is 0 Å². The summed E-state index contributed by atoms with van der Waals surface area (Å²) in [6, 6.07) is 18.7. The second-order valence-corrected chi connectivity index (χ2v) is 8.73. The summed E-state index contributed by atoms with van der Waals surface area (Å²) in [4.78, 5) is 44.2. The molecule has 0 fully saturated rings. The van der Waals surface area contributed by atoms with Gasteiger partial charge < -0.3 is 0 Å². The number of fused-ring (bicyclic) bond motifs is 3. The van der Waals surface area contributed by atoms with Gasteiger partial charge in [0.1, 0.15) is 0 Å². The van der Waals surface area contributed by atoms with Crippen LogP contribution >= 0.6 is 11.8 Å². The molecular weight excluding hydrogens is 422 g/mol. The van der Waals surface area contributed by atoms with Crippen molar-refractivity contribution < 1.29 is 9.59 Å². The summed E-state index contributed by atoms with van der Waals surface area (Å²) >= 11 is 1.48. The third-order valence-corrected chi connectivity index (χ3v) is 6.80. The molecule has 0 N–H and O–H groups in total. The van der Waals surface area contributed by atoms with Gasteiger partial charge in [0.25, 0.3) is 17.4 Å². The second-order valence-electron chi connectivity index (χ2n) is 7.67. The lowest BCUT2D eigenvalue weighted by molar-refractivity contribution is 0.0655. The fourth-order valence-corrected chi connectivity index (χ4v) is 5.09. The molecule has 2 heterocycles. The molecule has 7 heteroatoms. The maximum absolute atomic E-state index is 13.1. The smallest absolute Gasteiger partial charge is 0.262 e. The van der Waals surface area contributed by atoms with E-state index in [1.165, 1.54) is 16.7 Å². The molecule has 0 aliphatic carbocycles. The molecular formula is C25H21N3O3S. The topological polar surface area (TPSA) is 72.3 Å². The molecule has 1 aliphatic rings. The number of rotatable bonds is 6. The van der Waals surface area contributed by atoms with Crippen LogP contribution in [0.2, 0.25) is 0 Å². The first kappa shape index (κ1) is 20.5. The first-order chi connectivity index (χ1) is 15.6. The Morgan fingerprint density at radius 1 is 0.875 bits per heavy atom. The Labute approximate surface area is 188 Å². The Balaban J connectivity index is 1.34. The zero-order valence-electron chi connectivity index (χ0n) is 17.6. The maximum atomic E-state index is 13.1. The van der Waals surface area contributed by atoms with Crippen molar-refractivity contribution in [2.75, 3.05) is 12.3 Å². The minimum Gasteiger partial charge on any atom is -0.287 e. The summed E-state index contributed by atoms with van der Waals surface area (Å²) in [5, 5.41) is 3.33. The van der Waals surface area contributed by atoms with Gasteiger partial charge in [-0.2, -0.15) is 0 Å². The molecule has 0 bridgehead atoms. The first-order valence-corrected chi connectivity index (χ1v) is 11.6. The Morgan fingerprint density at radius 2 is 1.50 bits per heavy atom. The quantitative estimate of drug-likeness (QED) is 0.146. The van der Waals surface area contributed by atoms with Crippen molar-refractivity contribution in [2.45, 2.75) is 25.0 Å². The average molecular weight is 444 g/mol. The zero-order valence-corrected chi connectivity index (χ0v) is 18.4. The number of aromatic nitrogens is 2. The minimum atomic E-state index is -0.239. The minimum absolute atomic E-state index is 0.0499. The molecule has 1 aromatic heterocycles. The summed E-state index contributed by atoms with van der Waals surface area (Å²) in [7, 11) is 0. The number of imide groups is 1. The van der Waals surface area contributed by atoms with Gasteiger partial charge in [0, 0.05) is 18.8 Å². The van der Waals surface area contributed by atoms with Crippen molar-refractivity contribution in [3.05, 3.63) is 82.1 Å². The molecule has 4 aromatic rings. The largest absolute Gasteiger partial charge is 0.287 e. The normalized spacial score (nSPS) is 13.3. The molecule has 5 rings (SSSR count). The lowest BCUT2D eigenvalue weighted by Crippen LogP contribution is -2.31. The number of hydrogen-bond donors (Lipinski definition) is 0. The van der Waals surface area contributed by atoms with Gasteiger partial charge in [0.05, 0.1) is 22.0 Å². The van der Waals surface area contributed by atoms with Gasteiger partial charge in [-0.1, -0.05) is 48.2 Å². The highest BCUT2D eigenvalue weighted by molar-refractivity contribution is 7.99. The lowest BCUT2D eigenvalue weighted by Gasteiger charge is -2.14. The van der Waals surface area contributed by atoms with E-state index in [4.69, 9.17) is 4.98 Å². The number of benzene rings is 3. The monoisotopic (exact) mass is 443 g/mol. The molecule has 6 nitrogen and oxygen atoms in total. The van der Waals surface area contributed by atoms with E-state index in [-0.39, 0.29) is 17.4 Å². The summed E-state index contributed by atoms with van der Waals surface area (Å²) in [5.74, 6) is 0.160. The number of carbonyl (C=O) groups is 2. The fraction of sp³-hybridized carbons (Fsp3) is 0.200. The van der Waals surface area contributed by atoms with Crippen LogP contribution < -0.4 is 5.56 Å². The Hall–Kier alpha value is -3.45. The SMILES string of the molecule is CCn1c(SCCCN2C(=O)c3ccccc3C2=O)nc2cc3ccccc3cc2c1=O. The molecule has 2 amide bonds. The number of carbonyl (C=O) groups excluding carboxylic acids is 2. The summed E-state index contributed by atoms with van der Waals surface area (Å²) in [5.41, 5.74) is 1.56. The van der Waals surface area contributed by atoms with Gasteiger partial charge in [0.2, 0.25) is 0 Å². The summed E-state index contributed by atoms with van der Waals surface area (Å²) in [6.45, 7) is 2.79. The van der Waals surface area contributed by atoms with Crippen LogP contribution in [0.4, 0.5) is 0 Å². The number of thioether (sulfide) groups is 1. The highest BCUT2D eigenvalue weighted by Gasteiger charge is 2.34. The first-order valence-electron chi connectivity index (χ1n) is 10.6. The fourth-order valence-electron chi connectivity index (χ4n) is 4.11. The summed E-state index contributed by atoms with van der Waals surface area (Å²) < 4.78 is 1.68. The molecule has 3 aromatic carbocycles. The Kier molecular flexibility index (Phi) is 5.27. The van der Waals surface area contributed by atoms with Crippen molar-refractivity contribution >= 4 is 45.3 Å². The Bertz CT molecular complexity index is 1410. The number of hydrogen-bond acceptors (Lipinski definition) is 5. The van der Waals surface area contributed by atoms with Crippen LogP contribution in [0.25, 0.3) is 21.7 Å². The van der Waals surface area contributed by atoms with Crippen LogP contribution in [-0.4, -0.2) is 38.6 Å². The van der Waals surface area contributed by atoms with Crippen LogP contribution in [0.1, 0.15) is 34.1 Å². The zero-order chi connectivity index (χ0) is 22.2. The lowest BCUT2D eigenvalue weighted by atomic mass is 10.1. The van der Waals surface area contributed by atoms with E-state index in [0.29, 0.717) is 52.4 Å². The number of amides is 2. The van der Waals surface area contributed by atoms with Gasteiger partial charge in [-0.05, 0) is 48.4 Å². The van der Waals surface area contributed by atoms with Crippen molar-refractivity contribution in [1.82, 2.24) is 14.5 Å².